The van der Waals surface area contributed by atoms with Crippen molar-refractivity contribution in [2.45, 2.75) is 81.1 Å². The Kier molecular flexibility index (Phi) is 14.9. The van der Waals surface area contributed by atoms with E-state index in [9.17, 15) is 43.3 Å². The summed E-state index contributed by atoms with van der Waals surface area (Å²) in [4.78, 5) is 84.0. The van der Waals surface area contributed by atoms with E-state index in [0.29, 0.717) is 12.8 Å². The van der Waals surface area contributed by atoms with Gasteiger partial charge >= 0.3 is 27.3 Å². The summed E-state index contributed by atoms with van der Waals surface area (Å²) < 4.78 is 59.9. The van der Waals surface area contributed by atoms with Crippen molar-refractivity contribution >= 4 is 67.0 Å². The Bertz CT molecular complexity index is 2100. The van der Waals surface area contributed by atoms with E-state index in [1.165, 1.54) is 23.2 Å². The smallest absolute Gasteiger partial charge is 0.455 e. The molecule has 9 atom stereocenters. The number of anilines is 2. The molecule has 0 aliphatic carbocycles. The van der Waals surface area contributed by atoms with E-state index in [1.807, 2.05) is 11.6 Å². The Labute approximate surface area is 327 Å². The Morgan fingerprint density at radius 3 is 2.58 bits per heavy atom. The number of allylic oxidation sites excluding steroid dienone is 1. The van der Waals surface area contributed by atoms with Crippen LogP contribution in [0.1, 0.15) is 44.6 Å². The number of aliphatic hydroxyl groups excluding tert-OH is 1. The predicted octanol–water partition coefficient (Wildman–Crippen LogP) is -0.555. The molecule has 2 aliphatic rings. The Hall–Kier alpha value is -3.97. The lowest BCUT2D eigenvalue weighted by Crippen LogP contribution is -2.46. The fourth-order valence-corrected chi connectivity index (χ4v) is 7.65. The van der Waals surface area contributed by atoms with Gasteiger partial charge in [0, 0.05) is 19.0 Å². The fourth-order valence-electron chi connectivity index (χ4n) is 5.94. The molecule has 2 saturated heterocycles. The number of carbonyl (C=O) groups is 2. The van der Waals surface area contributed by atoms with Crippen LogP contribution in [0, 0.1) is 0 Å². The average molecular weight is 864 g/mol. The van der Waals surface area contributed by atoms with E-state index in [1.54, 1.807) is 6.08 Å². The molecule has 9 N–H and O–H groups in total. The summed E-state index contributed by atoms with van der Waals surface area (Å²) in [7, 11) is -10.2. The van der Waals surface area contributed by atoms with E-state index < -0.39 is 95.4 Å². The number of ether oxygens (including phenoxy) is 3. The Balaban J connectivity index is 1.37. The van der Waals surface area contributed by atoms with Crippen LogP contribution in [0.15, 0.2) is 42.4 Å². The predicted molar refractivity (Wildman–Crippen MR) is 201 cm³/mol. The zero-order valence-electron chi connectivity index (χ0n) is 30.2. The standard InChI is InChI=1S/C30H43N9O15P2S/c1-3-4-7-21(40)36-16(6-5-10-57-2)29(42)53-25-19(52-28(24(25)41)39-15-35-23-26(32)33-14-34-27(23)39)13-50-56(47,48)54-17-11-22(38-9-8-20(31)37-30(38)43)51-18(17)12-49-55(44,45)46/h3,8-10,14-19,22,24-25,28,41,57H,1,4-7,11-13H2,2H3,(H,36,40)(H,47,48)(H2,31,37,43)(H2,32,33,34)(H2,44,45,46)/t16-,17-,18+,19?,22+,24?,25?,28?/m0/s1. The molecule has 314 valence electrons. The maximum absolute atomic E-state index is 13.7. The first-order valence-corrected chi connectivity index (χ1v) is 21.6. The second kappa shape index (κ2) is 19.2. The lowest BCUT2D eigenvalue weighted by Gasteiger charge is -2.25. The van der Waals surface area contributed by atoms with Gasteiger partial charge in [-0.2, -0.15) is 4.98 Å². The quantitative estimate of drug-likeness (QED) is 0.0246. The number of thiol groups is 1. The summed E-state index contributed by atoms with van der Waals surface area (Å²) in [5.74, 6) is -1.47. The fraction of sp³-hybridized carbons (Fsp3) is 0.533. The van der Waals surface area contributed by atoms with Crippen molar-refractivity contribution in [1.29, 1.82) is 0 Å². The first kappa shape index (κ1) is 44.1. The third kappa shape index (κ3) is 11.6. The monoisotopic (exact) mass is 863 g/mol. The summed E-state index contributed by atoms with van der Waals surface area (Å²) >= 11 is 0.932. The van der Waals surface area contributed by atoms with E-state index in [0.717, 1.165) is 22.2 Å². The van der Waals surface area contributed by atoms with Crippen LogP contribution >= 0.6 is 27.0 Å². The van der Waals surface area contributed by atoms with Crippen LogP contribution in [0.4, 0.5) is 11.6 Å². The molecular formula is C30H43N9O15P2S. The number of nitrogens with two attached hydrogens (primary N) is 2. The Morgan fingerprint density at radius 2 is 1.88 bits per heavy atom. The van der Waals surface area contributed by atoms with Crippen LogP contribution in [-0.2, 0) is 46.5 Å². The number of aromatic nitrogens is 6. The third-order valence-electron chi connectivity index (χ3n) is 8.60. The van der Waals surface area contributed by atoms with Gasteiger partial charge in [-0.1, -0.05) is 11.4 Å². The molecule has 0 aromatic carbocycles. The van der Waals surface area contributed by atoms with Crippen LogP contribution in [0.5, 0.6) is 0 Å². The van der Waals surface area contributed by atoms with Gasteiger partial charge in [0.15, 0.2) is 23.8 Å². The number of hydrogen-bond donors (Lipinski definition) is 8. The molecule has 0 bridgehead atoms. The molecule has 0 spiro atoms. The van der Waals surface area contributed by atoms with Crippen molar-refractivity contribution < 1.29 is 66.3 Å². The van der Waals surface area contributed by atoms with Crippen LogP contribution in [-0.4, -0.2) is 122 Å². The van der Waals surface area contributed by atoms with Crippen molar-refractivity contribution in [2.24, 2.45) is 0 Å². The maximum atomic E-state index is 13.7. The van der Waals surface area contributed by atoms with Crippen molar-refractivity contribution in [1.82, 2.24) is 34.4 Å². The summed E-state index contributed by atoms with van der Waals surface area (Å²) in [6, 6.07) is 0.122. The number of fused-ring (bicyclic) bond motifs is 1. The lowest BCUT2D eigenvalue weighted by molar-refractivity contribution is -0.160. The minimum absolute atomic E-state index is 0.0194. The molecule has 2 fully saturated rings. The highest BCUT2D eigenvalue weighted by Gasteiger charge is 2.50. The number of nitrogen functional groups attached to an aromatic ring is 2. The minimum atomic E-state index is -5.19. The van der Waals surface area contributed by atoms with Gasteiger partial charge in [0.25, 0.3) is 0 Å². The molecule has 0 radical (unpaired) electrons. The van der Waals surface area contributed by atoms with Crippen molar-refractivity contribution in [2.75, 3.05) is 30.9 Å². The molecule has 27 heteroatoms. The number of amides is 1. The molecule has 5 unspecified atom stereocenters. The number of phosphoric ester groups is 2. The first-order valence-electron chi connectivity index (χ1n) is 17.1. The van der Waals surface area contributed by atoms with E-state index in [4.69, 9.17) is 34.7 Å². The van der Waals surface area contributed by atoms with Gasteiger partial charge in [0.2, 0.25) is 5.91 Å². The lowest BCUT2D eigenvalue weighted by atomic mass is 10.1. The largest absolute Gasteiger partial charge is 0.472 e. The zero-order chi connectivity index (χ0) is 41.5. The van der Waals surface area contributed by atoms with Crippen LogP contribution in [0.25, 0.3) is 11.2 Å². The molecule has 57 heavy (non-hydrogen) atoms. The van der Waals surface area contributed by atoms with E-state index in [-0.39, 0.29) is 42.1 Å². The highest BCUT2D eigenvalue weighted by Crippen LogP contribution is 2.50. The SMILES string of the molecule is C=CCCC(=O)N[C@@H](CCC=[SH]C)C(=O)OC1C(COP(=O)(O)O[C@H]2C[C@H](n3ccc(N)nc3=O)O[C@@H]2COP(=O)(O)O)OC(n2cnc3c(N)ncnc32)C1O. The number of nitrogens with zero attached hydrogens (tertiary/aromatic N) is 6. The van der Waals surface area contributed by atoms with Gasteiger partial charge in [-0.05, 0) is 31.6 Å². The number of imidazole rings is 1. The second-order valence-electron chi connectivity index (χ2n) is 12.6. The minimum Gasteiger partial charge on any atom is -0.455 e. The van der Waals surface area contributed by atoms with Gasteiger partial charge in [0.1, 0.15) is 54.3 Å². The normalized spacial score (nSPS) is 25.5. The van der Waals surface area contributed by atoms with E-state index in [2.05, 4.69) is 36.4 Å². The number of esters is 1. The van der Waals surface area contributed by atoms with Gasteiger partial charge in [-0.15, -0.1) is 6.58 Å². The first-order chi connectivity index (χ1) is 27.0. The van der Waals surface area contributed by atoms with Crippen LogP contribution in [0.3, 0.4) is 0 Å². The molecule has 1 amide bonds. The van der Waals surface area contributed by atoms with Crippen molar-refractivity contribution in [3.05, 3.63) is 48.1 Å². The average Bonchev–Trinajstić information content (AvgIpc) is 3.84. The number of phosphoric acid groups is 2. The number of hydrogen-bond acceptors (Lipinski definition) is 18. The summed E-state index contributed by atoms with van der Waals surface area (Å²) in [6.45, 7) is 1.90. The number of aliphatic hydroxyl groups is 1. The molecule has 5 rings (SSSR count). The summed E-state index contributed by atoms with van der Waals surface area (Å²) in [5.41, 5.74) is 10.9. The molecular weight excluding hydrogens is 820 g/mol. The van der Waals surface area contributed by atoms with Crippen LogP contribution in [0.2, 0.25) is 0 Å². The van der Waals surface area contributed by atoms with Gasteiger partial charge in [-0.25, -0.2) is 45.0 Å². The zero-order valence-corrected chi connectivity index (χ0v) is 32.9. The topological polar surface area (TPSA) is 347 Å². The second-order valence-corrected chi connectivity index (χ2v) is 16.1. The molecule has 24 nitrogen and oxygen atoms in total. The molecule has 5 heterocycles. The molecule has 3 aromatic rings. The highest BCUT2D eigenvalue weighted by molar-refractivity contribution is 7.96. The summed E-state index contributed by atoms with van der Waals surface area (Å²) in [5, 5.41) is 16.1. The molecule has 2 aliphatic heterocycles. The Morgan fingerprint density at radius 1 is 1.12 bits per heavy atom. The number of carbonyl (C=O) groups excluding carboxylic acids is 2. The van der Waals surface area contributed by atoms with Gasteiger partial charge < -0.3 is 50.8 Å². The number of rotatable bonds is 19. The molecule has 0 saturated carbocycles. The highest BCUT2D eigenvalue weighted by atomic mass is 32.1. The van der Waals surface area contributed by atoms with Gasteiger partial charge in [0.05, 0.1) is 19.5 Å². The maximum Gasteiger partial charge on any atom is 0.472 e. The summed E-state index contributed by atoms with van der Waals surface area (Å²) in [6.07, 6.45) is -2.55. The van der Waals surface area contributed by atoms with E-state index >= 15 is 0 Å². The number of nitrogens with one attached hydrogen (secondary N) is 1. The van der Waals surface area contributed by atoms with Crippen molar-refractivity contribution in [3.63, 3.8) is 0 Å². The van der Waals surface area contributed by atoms with Gasteiger partial charge in [-0.3, -0.25) is 27.5 Å². The van der Waals surface area contributed by atoms with Crippen LogP contribution < -0.4 is 22.5 Å². The molecule has 3 aromatic heterocycles. The van der Waals surface area contributed by atoms with Crippen molar-refractivity contribution in [3.8, 4) is 0 Å². The third-order valence-corrected chi connectivity index (χ3v) is 10.7.